The second-order valence-electron chi connectivity index (χ2n) is 12.3. The van der Waals surface area contributed by atoms with E-state index in [0.717, 1.165) is 37.4 Å². The Bertz CT molecular complexity index is 2230. The van der Waals surface area contributed by atoms with E-state index in [1.54, 1.807) is 11.8 Å². The molecule has 0 spiro atoms. The van der Waals surface area contributed by atoms with Crippen LogP contribution in [-0.4, -0.2) is 61.6 Å². The molecule has 50 heavy (non-hydrogen) atoms. The molecule has 12 heteroatoms. The van der Waals surface area contributed by atoms with Crippen molar-refractivity contribution >= 4 is 73.5 Å². The summed E-state index contributed by atoms with van der Waals surface area (Å²) in [6.45, 7) is 11.3. The summed E-state index contributed by atoms with van der Waals surface area (Å²) in [5.41, 5.74) is 8.86. The fourth-order valence-electron chi connectivity index (χ4n) is 6.14. The number of aromatic nitrogens is 6. The molecule has 3 aromatic carbocycles. The van der Waals surface area contributed by atoms with E-state index in [9.17, 15) is 0 Å². The first kappa shape index (κ1) is 34.4. The highest BCUT2D eigenvalue weighted by molar-refractivity contribution is 7.99. The Hall–Kier alpha value is -4.00. The van der Waals surface area contributed by atoms with Crippen LogP contribution in [0.15, 0.2) is 77.3 Å². The number of fused-ring (bicyclic) bond motifs is 4. The van der Waals surface area contributed by atoms with Gasteiger partial charge in [0.25, 0.3) is 0 Å². The number of halogens is 1. The van der Waals surface area contributed by atoms with Crippen LogP contribution < -0.4 is 10.6 Å². The molecule has 0 atom stereocenters. The molecule has 0 saturated carbocycles. The van der Waals surface area contributed by atoms with E-state index in [1.807, 2.05) is 40.3 Å². The van der Waals surface area contributed by atoms with Gasteiger partial charge in [-0.15, -0.1) is 16.4 Å². The van der Waals surface area contributed by atoms with Gasteiger partial charge in [0.1, 0.15) is 0 Å². The average Bonchev–Trinajstić information content (AvgIpc) is 3.84. The quantitative estimate of drug-likeness (QED) is 0.0580. The molecule has 4 aromatic heterocycles. The highest BCUT2D eigenvalue weighted by Crippen LogP contribution is 2.35. The SMILES string of the molecule is CCCSc1nc(NCCOCCNCc2ccc3c(c2)c2ccc(-c4cc(C)cs4)cc2n3CC)c2nnn(Cc3ccc(Cl)cc3)c2n1. The number of aryl methyl sites for hydroxylation is 2. The number of ether oxygens (including phenoxy) is 1. The van der Waals surface area contributed by atoms with Gasteiger partial charge in [0, 0.05) is 63.6 Å². The molecule has 2 N–H and O–H groups in total. The summed E-state index contributed by atoms with van der Waals surface area (Å²) in [5, 5.41) is 22.0. The molecule has 0 aliphatic carbocycles. The Balaban J connectivity index is 0.926. The second kappa shape index (κ2) is 15.9. The van der Waals surface area contributed by atoms with E-state index >= 15 is 0 Å². The summed E-state index contributed by atoms with van der Waals surface area (Å²) in [6, 6.07) is 23.7. The van der Waals surface area contributed by atoms with Crippen molar-refractivity contribution in [2.45, 2.75) is 52.0 Å². The zero-order chi connectivity index (χ0) is 34.5. The van der Waals surface area contributed by atoms with Gasteiger partial charge in [0.15, 0.2) is 22.1 Å². The van der Waals surface area contributed by atoms with Gasteiger partial charge in [-0.05, 0) is 84.3 Å². The van der Waals surface area contributed by atoms with Crippen molar-refractivity contribution in [1.29, 1.82) is 0 Å². The van der Waals surface area contributed by atoms with E-state index in [1.165, 1.54) is 43.4 Å². The molecule has 0 aliphatic rings. The Kier molecular flexibility index (Phi) is 11.0. The zero-order valence-electron chi connectivity index (χ0n) is 28.6. The fraction of sp³-hybridized carbons (Fsp3) is 0.316. The second-order valence-corrected chi connectivity index (χ2v) is 14.7. The normalized spacial score (nSPS) is 11.8. The number of hydrogen-bond donors (Lipinski definition) is 2. The summed E-state index contributed by atoms with van der Waals surface area (Å²) in [4.78, 5) is 10.9. The van der Waals surface area contributed by atoms with Gasteiger partial charge in [-0.3, -0.25) is 0 Å². The Morgan fingerprint density at radius 2 is 1.74 bits per heavy atom. The molecule has 7 aromatic rings. The number of thioether (sulfide) groups is 1. The molecule has 0 fully saturated rings. The van der Waals surface area contributed by atoms with Gasteiger partial charge in [0.05, 0.1) is 19.8 Å². The average molecular weight is 725 g/mol. The van der Waals surface area contributed by atoms with Gasteiger partial charge >= 0.3 is 0 Å². The lowest BCUT2D eigenvalue weighted by atomic mass is 10.1. The molecule has 258 valence electrons. The maximum atomic E-state index is 6.08. The van der Waals surface area contributed by atoms with E-state index in [0.29, 0.717) is 53.5 Å². The van der Waals surface area contributed by atoms with Crippen LogP contribution in [0.1, 0.15) is 37.0 Å². The lowest BCUT2D eigenvalue weighted by Crippen LogP contribution is -2.21. The summed E-state index contributed by atoms with van der Waals surface area (Å²) in [6.07, 6.45) is 1.04. The summed E-state index contributed by atoms with van der Waals surface area (Å²) in [7, 11) is 0. The molecule has 0 amide bonds. The van der Waals surface area contributed by atoms with Crippen molar-refractivity contribution in [2.24, 2.45) is 0 Å². The number of nitrogens with one attached hydrogen (secondary N) is 2. The fourth-order valence-corrected chi connectivity index (χ4v) is 7.86. The highest BCUT2D eigenvalue weighted by atomic mass is 35.5. The van der Waals surface area contributed by atoms with E-state index < -0.39 is 0 Å². The van der Waals surface area contributed by atoms with Crippen LogP contribution in [0.5, 0.6) is 0 Å². The van der Waals surface area contributed by atoms with Gasteiger partial charge in [-0.2, -0.15) is 0 Å². The van der Waals surface area contributed by atoms with Crippen molar-refractivity contribution in [3.8, 4) is 10.4 Å². The first-order chi connectivity index (χ1) is 24.5. The monoisotopic (exact) mass is 724 g/mol. The minimum atomic E-state index is 0.541. The number of thiophene rings is 1. The number of benzene rings is 3. The third-order valence-corrected chi connectivity index (χ3v) is 11.0. The summed E-state index contributed by atoms with van der Waals surface area (Å²) < 4.78 is 10.2. The molecule has 0 unspecified atom stereocenters. The van der Waals surface area contributed by atoms with Gasteiger partial charge < -0.3 is 19.9 Å². The number of nitrogens with zero attached hydrogens (tertiary/aromatic N) is 6. The van der Waals surface area contributed by atoms with Crippen molar-refractivity contribution in [3.63, 3.8) is 0 Å². The maximum absolute atomic E-state index is 6.08. The number of rotatable bonds is 16. The van der Waals surface area contributed by atoms with Crippen LogP contribution >= 0.6 is 34.7 Å². The van der Waals surface area contributed by atoms with Crippen molar-refractivity contribution in [2.75, 3.05) is 37.4 Å². The van der Waals surface area contributed by atoms with E-state index in [-0.39, 0.29) is 0 Å². The molecule has 4 heterocycles. The largest absolute Gasteiger partial charge is 0.378 e. The van der Waals surface area contributed by atoms with Crippen molar-refractivity contribution in [3.05, 3.63) is 93.8 Å². The van der Waals surface area contributed by atoms with Crippen LogP contribution in [0.3, 0.4) is 0 Å². The first-order valence-electron chi connectivity index (χ1n) is 17.1. The topological polar surface area (TPSA) is 94.7 Å². The predicted molar refractivity (Wildman–Crippen MR) is 209 cm³/mol. The smallest absolute Gasteiger partial charge is 0.191 e. The minimum absolute atomic E-state index is 0.541. The number of hydrogen-bond acceptors (Lipinski definition) is 9. The molecular weight excluding hydrogens is 684 g/mol. The highest BCUT2D eigenvalue weighted by Gasteiger charge is 2.16. The molecular formula is C38H41ClN8OS2. The number of anilines is 1. The van der Waals surface area contributed by atoms with Gasteiger partial charge in [-0.1, -0.05) is 65.8 Å². The van der Waals surface area contributed by atoms with Crippen LogP contribution in [0.2, 0.25) is 5.02 Å². The summed E-state index contributed by atoms with van der Waals surface area (Å²) >= 11 is 9.52. The Labute approximate surface area is 305 Å². The first-order valence-corrected chi connectivity index (χ1v) is 19.4. The van der Waals surface area contributed by atoms with Crippen LogP contribution in [-0.2, 0) is 24.4 Å². The summed E-state index contributed by atoms with van der Waals surface area (Å²) in [5.74, 6) is 1.61. The third-order valence-electron chi connectivity index (χ3n) is 8.58. The molecule has 7 rings (SSSR count). The maximum Gasteiger partial charge on any atom is 0.191 e. The van der Waals surface area contributed by atoms with E-state index in [2.05, 4.69) is 94.1 Å². The molecule has 0 bridgehead atoms. The Morgan fingerprint density at radius 3 is 2.54 bits per heavy atom. The van der Waals surface area contributed by atoms with Crippen LogP contribution in [0.4, 0.5) is 5.82 Å². The minimum Gasteiger partial charge on any atom is -0.378 e. The molecule has 0 aliphatic heterocycles. The van der Waals surface area contributed by atoms with Gasteiger partial charge in [-0.25, -0.2) is 14.6 Å². The van der Waals surface area contributed by atoms with Crippen molar-refractivity contribution in [1.82, 2.24) is 34.8 Å². The lowest BCUT2D eigenvalue weighted by Gasteiger charge is -2.10. The van der Waals surface area contributed by atoms with Crippen LogP contribution in [0.25, 0.3) is 43.4 Å². The third kappa shape index (κ3) is 7.67. The van der Waals surface area contributed by atoms with Crippen molar-refractivity contribution < 1.29 is 4.74 Å². The van der Waals surface area contributed by atoms with Crippen LogP contribution in [0, 0.1) is 6.92 Å². The molecule has 0 saturated heterocycles. The standard InChI is InChI=1S/C38H41ClN8OS2/c1-4-18-49-38-42-36(35-37(43-38)47(45-44-35)23-26-6-10-29(39)11-7-26)41-15-17-48-16-14-40-22-27-8-13-32-31(20-27)30-12-9-28(21-33(30)46(32)5-2)34-19-25(3)24-50-34/h6-13,19-21,24,40H,4-5,14-18,22-23H2,1-3H3,(H,41,42,43). The molecule has 9 nitrogen and oxygen atoms in total. The van der Waals surface area contributed by atoms with Gasteiger partial charge in [0.2, 0.25) is 0 Å². The Morgan fingerprint density at radius 1 is 0.900 bits per heavy atom. The lowest BCUT2D eigenvalue weighted by molar-refractivity contribution is 0.145. The molecule has 0 radical (unpaired) electrons. The zero-order valence-corrected chi connectivity index (χ0v) is 31.0. The predicted octanol–water partition coefficient (Wildman–Crippen LogP) is 8.81. The van der Waals surface area contributed by atoms with E-state index in [4.69, 9.17) is 26.3 Å².